The van der Waals surface area contributed by atoms with Gasteiger partial charge in [0.05, 0.1) is 30.5 Å². The molecule has 1 saturated heterocycles. The highest BCUT2D eigenvalue weighted by atomic mass is 16.7. The first-order valence-electron chi connectivity index (χ1n) is 7.56. The third-order valence-corrected chi connectivity index (χ3v) is 3.96. The molecule has 1 atom stereocenters. The number of rotatable bonds is 5. The molecular weight excluding hydrogens is 282 g/mol. The lowest BCUT2D eigenvalue weighted by molar-refractivity contribution is -0.153. The summed E-state index contributed by atoms with van der Waals surface area (Å²) in [5.41, 5.74) is 1.50. The minimum absolute atomic E-state index is 0.0859. The number of aromatic amines is 1. The van der Waals surface area contributed by atoms with Crippen molar-refractivity contribution in [2.75, 3.05) is 19.8 Å². The van der Waals surface area contributed by atoms with Crippen molar-refractivity contribution < 1.29 is 14.3 Å². The fraction of sp³-hybridized carbons (Fsp3) is 0.500. The van der Waals surface area contributed by atoms with Gasteiger partial charge in [0.1, 0.15) is 0 Å². The SMILES string of the molecule is C[C@@H](CNC(=O)c1cccc2[nH]ncc12)CC1(C)OCCO1. The topological polar surface area (TPSA) is 76.2 Å². The predicted octanol–water partition coefficient (Wildman–Crippen LogP) is 2.08. The number of carbonyl (C=O) groups excluding carboxylic acids is 1. The van der Waals surface area contributed by atoms with Crippen LogP contribution in [0.1, 0.15) is 30.6 Å². The number of hydrogen-bond acceptors (Lipinski definition) is 4. The van der Waals surface area contributed by atoms with Gasteiger partial charge < -0.3 is 14.8 Å². The van der Waals surface area contributed by atoms with Crippen molar-refractivity contribution in [1.82, 2.24) is 15.5 Å². The Bertz CT molecular complexity index is 661. The lowest BCUT2D eigenvalue weighted by Gasteiger charge is -2.26. The molecule has 1 aromatic heterocycles. The summed E-state index contributed by atoms with van der Waals surface area (Å²) < 4.78 is 11.2. The van der Waals surface area contributed by atoms with Crippen molar-refractivity contribution in [1.29, 1.82) is 0 Å². The second-order valence-electron chi connectivity index (χ2n) is 5.99. The molecule has 1 aliphatic rings. The van der Waals surface area contributed by atoms with Crippen LogP contribution in [0.15, 0.2) is 24.4 Å². The summed E-state index contributed by atoms with van der Waals surface area (Å²) in [4.78, 5) is 12.4. The van der Waals surface area contributed by atoms with Crippen LogP contribution in [0, 0.1) is 5.92 Å². The van der Waals surface area contributed by atoms with Gasteiger partial charge in [0.25, 0.3) is 5.91 Å². The standard InChI is InChI=1S/C16H21N3O3/c1-11(8-16(2)21-6-7-22-16)9-17-15(20)12-4-3-5-14-13(12)10-18-19-14/h3-5,10-11H,6-9H2,1-2H3,(H,17,20)(H,18,19)/t11-/m1/s1. The Kier molecular flexibility index (Phi) is 4.13. The summed E-state index contributed by atoms with van der Waals surface area (Å²) in [6.07, 6.45) is 2.43. The van der Waals surface area contributed by atoms with Gasteiger partial charge in [-0.1, -0.05) is 13.0 Å². The van der Waals surface area contributed by atoms with E-state index >= 15 is 0 Å². The van der Waals surface area contributed by atoms with E-state index in [1.807, 2.05) is 25.1 Å². The molecule has 3 rings (SSSR count). The van der Waals surface area contributed by atoms with E-state index in [0.29, 0.717) is 25.3 Å². The summed E-state index contributed by atoms with van der Waals surface area (Å²) >= 11 is 0. The summed E-state index contributed by atoms with van der Waals surface area (Å²) in [6, 6.07) is 5.56. The number of fused-ring (bicyclic) bond motifs is 1. The number of hydrogen-bond donors (Lipinski definition) is 2. The van der Waals surface area contributed by atoms with Gasteiger partial charge in [0.2, 0.25) is 0 Å². The summed E-state index contributed by atoms with van der Waals surface area (Å²) in [5, 5.41) is 10.7. The molecule has 118 valence electrons. The van der Waals surface area contributed by atoms with E-state index in [1.54, 1.807) is 6.20 Å². The first-order valence-corrected chi connectivity index (χ1v) is 7.56. The smallest absolute Gasteiger partial charge is 0.252 e. The van der Waals surface area contributed by atoms with Crippen LogP contribution >= 0.6 is 0 Å². The molecule has 1 aromatic carbocycles. The van der Waals surface area contributed by atoms with E-state index in [0.717, 1.165) is 17.3 Å². The van der Waals surface area contributed by atoms with Gasteiger partial charge in [-0.25, -0.2) is 0 Å². The van der Waals surface area contributed by atoms with Crippen LogP contribution in [-0.4, -0.2) is 41.7 Å². The number of carbonyl (C=O) groups is 1. The number of nitrogens with zero attached hydrogens (tertiary/aromatic N) is 1. The molecule has 0 unspecified atom stereocenters. The Labute approximate surface area is 129 Å². The molecule has 0 spiro atoms. The Morgan fingerprint density at radius 3 is 3.00 bits per heavy atom. The van der Waals surface area contributed by atoms with E-state index in [1.165, 1.54) is 0 Å². The molecule has 1 fully saturated rings. The summed E-state index contributed by atoms with van der Waals surface area (Å²) in [7, 11) is 0. The fourth-order valence-corrected chi connectivity index (χ4v) is 2.91. The van der Waals surface area contributed by atoms with Gasteiger partial charge in [-0.15, -0.1) is 0 Å². The van der Waals surface area contributed by atoms with Gasteiger partial charge in [-0.3, -0.25) is 9.89 Å². The highest BCUT2D eigenvalue weighted by Crippen LogP contribution is 2.26. The van der Waals surface area contributed by atoms with Crippen LogP contribution in [0.3, 0.4) is 0 Å². The minimum atomic E-state index is -0.519. The van der Waals surface area contributed by atoms with Gasteiger partial charge in [-0.05, 0) is 25.0 Å². The highest BCUT2D eigenvalue weighted by Gasteiger charge is 2.32. The maximum absolute atomic E-state index is 12.4. The zero-order valence-electron chi connectivity index (χ0n) is 12.9. The van der Waals surface area contributed by atoms with Gasteiger partial charge in [-0.2, -0.15) is 5.10 Å². The van der Waals surface area contributed by atoms with Crippen molar-refractivity contribution in [3.05, 3.63) is 30.0 Å². The molecule has 1 amide bonds. The van der Waals surface area contributed by atoms with Crippen molar-refractivity contribution in [3.8, 4) is 0 Å². The van der Waals surface area contributed by atoms with Crippen LogP contribution in [0.5, 0.6) is 0 Å². The Morgan fingerprint density at radius 2 is 2.23 bits per heavy atom. The van der Waals surface area contributed by atoms with Gasteiger partial charge >= 0.3 is 0 Å². The summed E-state index contributed by atoms with van der Waals surface area (Å²) in [6.45, 7) is 5.88. The fourth-order valence-electron chi connectivity index (χ4n) is 2.91. The van der Waals surface area contributed by atoms with Crippen LogP contribution < -0.4 is 5.32 Å². The van der Waals surface area contributed by atoms with Crippen molar-refractivity contribution in [2.45, 2.75) is 26.1 Å². The first kappa shape index (κ1) is 15.0. The number of ether oxygens (including phenoxy) is 2. The van der Waals surface area contributed by atoms with E-state index < -0.39 is 5.79 Å². The molecule has 6 nitrogen and oxygen atoms in total. The van der Waals surface area contributed by atoms with Crippen molar-refractivity contribution in [3.63, 3.8) is 0 Å². The monoisotopic (exact) mass is 303 g/mol. The molecule has 2 heterocycles. The zero-order valence-corrected chi connectivity index (χ0v) is 12.9. The van der Waals surface area contributed by atoms with Crippen LogP contribution in [0.4, 0.5) is 0 Å². The number of aromatic nitrogens is 2. The molecule has 0 aliphatic carbocycles. The average Bonchev–Trinajstić information content (AvgIpc) is 3.13. The van der Waals surface area contributed by atoms with E-state index in [4.69, 9.17) is 9.47 Å². The Balaban J connectivity index is 1.59. The second-order valence-corrected chi connectivity index (χ2v) is 5.99. The average molecular weight is 303 g/mol. The van der Waals surface area contributed by atoms with Gasteiger partial charge in [0, 0.05) is 18.4 Å². The molecule has 0 radical (unpaired) electrons. The van der Waals surface area contributed by atoms with E-state index in [2.05, 4.69) is 22.4 Å². The van der Waals surface area contributed by atoms with Crippen molar-refractivity contribution in [2.24, 2.45) is 5.92 Å². The number of nitrogens with one attached hydrogen (secondary N) is 2. The lowest BCUT2D eigenvalue weighted by Crippen LogP contribution is -2.34. The van der Waals surface area contributed by atoms with E-state index in [9.17, 15) is 4.79 Å². The van der Waals surface area contributed by atoms with Crippen LogP contribution in [0.25, 0.3) is 10.9 Å². The van der Waals surface area contributed by atoms with Gasteiger partial charge in [0.15, 0.2) is 5.79 Å². The summed E-state index contributed by atoms with van der Waals surface area (Å²) in [5.74, 6) is -0.345. The second kappa shape index (κ2) is 6.06. The number of benzene rings is 1. The quantitative estimate of drug-likeness (QED) is 0.886. The Hall–Kier alpha value is -1.92. The molecule has 22 heavy (non-hydrogen) atoms. The van der Waals surface area contributed by atoms with Crippen LogP contribution in [-0.2, 0) is 9.47 Å². The zero-order chi connectivity index (χ0) is 15.6. The molecule has 0 saturated carbocycles. The first-order chi connectivity index (χ1) is 10.6. The highest BCUT2D eigenvalue weighted by molar-refractivity contribution is 6.05. The molecule has 0 bridgehead atoms. The minimum Gasteiger partial charge on any atom is -0.352 e. The maximum Gasteiger partial charge on any atom is 0.252 e. The Morgan fingerprint density at radius 1 is 1.45 bits per heavy atom. The molecular formula is C16H21N3O3. The number of H-pyrrole nitrogens is 1. The van der Waals surface area contributed by atoms with E-state index in [-0.39, 0.29) is 11.8 Å². The lowest BCUT2D eigenvalue weighted by atomic mass is 10.0. The third-order valence-electron chi connectivity index (χ3n) is 3.96. The van der Waals surface area contributed by atoms with Crippen LogP contribution in [0.2, 0.25) is 0 Å². The molecule has 1 aliphatic heterocycles. The molecule has 2 N–H and O–H groups in total. The van der Waals surface area contributed by atoms with Crippen molar-refractivity contribution >= 4 is 16.8 Å². The molecule has 2 aromatic rings. The normalized spacial score (nSPS) is 18.5. The molecule has 6 heteroatoms. The third kappa shape index (κ3) is 3.13. The predicted molar refractivity (Wildman–Crippen MR) is 82.5 cm³/mol. The number of amides is 1. The maximum atomic E-state index is 12.4. The largest absolute Gasteiger partial charge is 0.352 e.